The maximum atomic E-state index is 12.6. The minimum atomic E-state index is 0.379. The van der Waals surface area contributed by atoms with Gasteiger partial charge in [0.25, 0.3) is 0 Å². The van der Waals surface area contributed by atoms with Gasteiger partial charge in [-0.05, 0) is 62.4 Å². The molecule has 0 aromatic heterocycles. The second kappa shape index (κ2) is 6.66. The van der Waals surface area contributed by atoms with Crippen LogP contribution >= 0.6 is 0 Å². The lowest BCUT2D eigenvalue weighted by atomic mass is 9.79. The Morgan fingerprint density at radius 1 is 1.38 bits per heavy atom. The van der Waals surface area contributed by atoms with E-state index in [1.54, 1.807) is 0 Å². The van der Waals surface area contributed by atoms with E-state index in [2.05, 4.69) is 17.1 Å². The van der Waals surface area contributed by atoms with Crippen LogP contribution < -0.4 is 5.32 Å². The number of carbonyl (C=O) groups excluding carboxylic acids is 1. The molecular formula is C17H30N2O2. The standard InChI is InChI=1S/C17H30N2O2/c1-14(15-3-2-7-18-12-15)11-16(20)19-8-4-17(13-19)5-9-21-10-6-17/h14-15,18H,2-13H2,1H3. The molecule has 3 aliphatic rings. The van der Waals surface area contributed by atoms with E-state index in [4.69, 9.17) is 4.74 Å². The molecule has 1 spiro atoms. The van der Waals surface area contributed by atoms with E-state index < -0.39 is 0 Å². The first-order valence-electron chi connectivity index (χ1n) is 8.75. The first-order chi connectivity index (χ1) is 10.2. The third kappa shape index (κ3) is 3.59. The lowest BCUT2D eigenvalue weighted by molar-refractivity contribution is -0.132. The second-order valence-corrected chi connectivity index (χ2v) is 7.47. The predicted octanol–water partition coefficient (Wildman–Crippen LogP) is 2.04. The molecule has 3 fully saturated rings. The first-order valence-corrected chi connectivity index (χ1v) is 8.75. The summed E-state index contributed by atoms with van der Waals surface area (Å²) in [5, 5.41) is 3.47. The zero-order valence-corrected chi connectivity index (χ0v) is 13.4. The van der Waals surface area contributed by atoms with Crippen molar-refractivity contribution >= 4 is 5.91 Å². The molecule has 3 saturated heterocycles. The summed E-state index contributed by atoms with van der Waals surface area (Å²) in [6.07, 6.45) is 6.73. The summed E-state index contributed by atoms with van der Waals surface area (Å²) in [7, 11) is 0. The molecule has 3 heterocycles. The highest BCUT2D eigenvalue weighted by Gasteiger charge is 2.41. The number of likely N-dealkylation sites (tertiary alicyclic amines) is 1. The average Bonchev–Trinajstić information content (AvgIpc) is 2.92. The third-order valence-electron chi connectivity index (χ3n) is 5.98. The molecule has 4 nitrogen and oxygen atoms in total. The van der Waals surface area contributed by atoms with Gasteiger partial charge >= 0.3 is 0 Å². The van der Waals surface area contributed by atoms with Crippen LogP contribution in [0, 0.1) is 17.3 Å². The summed E-state index contributed by atoms with van der Waals surface area (Å²) in [4.78, 5) is 14.7. The van der Waals surface area contributed by atoms with Crippen molar-refractivity contribution in [3.8, 4) is 0 Å². The van der Waals surface area contributed by atoms with E-state index >= 15 is 0 Å². The smallest absolute Gasteiger partial charge is 0.222 e. The topological polar surface area (TPSA) is 41.6 Å². The number of amides is 1. The fraction of sp³-hybridized carbons (Fsp3) is 0.941. The van der Waals surface area contributed by atoms with Crippen molar-refractivity contribution < 1.29 is 9.53 Å². The van der Waals surface area contributed by atoms with Gasteiger partial charge in [-0.1, -0.05) is 6.92 Å². The van der Waals surface area contributed by atoms with Crippen molar-refractivity contribution in [2.75, 3.05) is 39.4 Å². The van der Waals surface area contributed by atoms with Crippen LogP contribution in [0.25, 0.3) is 0 Å². The molecule has 3 aliphatic heterocycles. The van der Waals surface area contributed by atoms with Gasteiger partial charge in [0.15, 0.2) is 0 Å². The highest BCUT2D eigenvalue weighted by Crippen LogP contribution is 2.40. The van der Waals surface area contributed by atoms with Crippen molar-refractivity contribution in [1.29, 1.82) is 0 Å². The van der Waals surface area contributed by atoms with E-state index in [0.29, 0.717) is 23.2 Å². The Morgan fingerprint density at radius 3 is 2.90 bits per heavy atom. The van der Waals surface area contributed by atoms with Gasteiger partial charge < -0.3 is 15.0 Å². The molecule has 1 amide bonds. The number of nitrogens with zero attached hydrogens (tertiary/aromatic N) is 1. The second-order valence-electron chi connectivity index (χ2n) is 7.47. The molecule has 4 heteroatoms. The summed E-state index contributed by atoms with van der Waals surface area (Å²) in [5.74, 6) is 1.58. The number of piperidine rings is 1. The molecule has 0 aliphatic carbocycles. The fourth-order valence-corrected chi connectivity index (χ4v) is 4.30. The Kier molecular flexibility index (Phi) is 4.85. The van der Waals surface area contributed by atoms with Crippen LogP contribution in [0.5, 0.6) is 0 Å². The Morgan fingerprint density at radius 2 is 2.19 bits per heavy atom. The van der Waals surface area contributed by atoms with Crippen molar-refractivity contribution in [3.05, 3.63) is 0 Å². The van der Waals surface area contributed by atoms with E-state index in [1.807, 2.05) is 0 Å². The summed E-state index contributed by atoms with van der Waals surface area (Å²) in [6.45, 7) is 8.21. The van der Waals surface area contributed by atoms with Crippen LogP contribution in [0.15, 0.2) is 0 Å². The van der Waals surface area contributed by atoms with Crippen molar-refractivity contribution in [1.82, 2.24) is 10.2 Å². The number of carbonyl (C=O) groups is 1. The first kappa shape index (κ1) is 15.3. The van der Waals surface area contributed by atoms with Crippen molar-refractivity contribution in [3.63, 3.8) is 0 Å². The lowest BCUT2D eigenvalue weighted by Crippen LogP contribution is -2.38. The minimum Gasteiger partial charge on any atom is -0.381 e. The molecule has 3 rings (SSSR count). The van der Waals surface area contributed by atoms with Crippen LogP contribution in [-0.4, -0.2) is 50.2 Å². The zero-order valence-electron chi connectivity index (χ0n) is 13.4. The van der Waals surface area contributed by atoms with Gasteiger partial charge in [0, 0.05) is 32.7 Å². The highest BCUT2D eigenvalue weighted by molar-refractivity contribution is 5.76. The van der Waals surface area contributed by atoms with Gasteiger partial charge in [-0.15, -0.1) is 0 Å². The van der Waals surface area contributed by atoms with Crippen LogP contribution in [0.3, 0.4) is 0 Å². The number of ether oxygens (including phenoxy) is 1. The van der Waals surface area contributed by atoms with Gasteiger partial charge in [-0.2, -0.15) is 0 Å². The minimum absolute atomic E-state index is 0.379. The van der Waals surface area contributed by atoms with Crippen LogP contribution in [0.2, 0.25) is 0 Å². The molecular weight excluding hydrogens is 264 g/mol. The molecule has 21 heavy (non-hydrogen) atoms. The zero-order chi connectivity index (χ0) is 14.7. The van der Waals surface area contributed by atoms with Crippen LogP contribution in [0.1, 0.15) is 45.4 Å². The predicted molar refractivity (Wildman–Crippen MR) is 83.1 cm³/mol. The van der Waals surface area contributed by atoms with Crippen molar-refractivity contribution in [2.24, 2.45) is 17.3 Å². The molecule has 1 N–H and O–H groups in total. The Bertz CT molecular complexity index is 360. The summed E-state index contributed by atoms with van der Waals surface area (Å²) in [6, 6.07) is 0. The molecule has 2 unspecified atom stereocenters. The number of hydrogen-bond acceptors (Lipinski definition) is 3. The molecule has 0 aromatic rings. The summed E-state index contributed by atoms with van der Waals surface area (Å²) >= 11 is 0. The Balaban J connectivity index is 1.49. The SMILES string of the molecule is CC(CC(=O)N1CCC2(CCOCC2)C1)C1CCCNC1. The largest absolute Gasteiger partial charge is 0.381 e. The quantitative estimate of drug-likeness (QED) is 0.866. The Hall–Kier alpha value is -0.610. The van der Waals surface area contributed by atoms with Crippen molar-refractivity contribution in [2.45, 2.75) is 45.4 Å². The highest BCUT2D eigenvalue weighted by atomic mass is 16.5. The van der Waals surface area contributed by atoms with Gasteiger partial charge in [0.2, 0.25) is 5.91 Å². The van der Waals surface area contributed by atoms with Gasteiger partial charge in [0.1, 0.15) is 0 Å². The van der Waals surface area contributed by atoms with E-state index in [-0.39, 0.29) is 0 Å². The Labute approximate surface area is 128 Å². The third-order valence-corrected chi connectivity index (χ3v) is 5.98. The maximum absolute atomic E-state index is 12.6. The van der Waals surface area contributed by atoms with E-state index in [1.165, 1.54) is 19.3 Å². The molecule has 0 bridgehead atoms. The van der Waals surface area contributed by atoms with Gasteiger partial charge in [0.05, 0.1) is 0 Å². The normalized spacial score (nSPS) is 30.5. The lowest BCUT2D eigenvalue weighted by Gasteiger charge is -2.33. The molecule has 0 aromatic carbocycles. The average molecular weight is 294 g/mol. The molecule has 2 atom stereocenters. The van der Waals surface area contributed by atoms with Crippen LogP contribution in [0.4, 0.5) is 0 Å². The van der Waals surface area contributed by atoms with E-state index in [0.717, 1.165) is 58.7 Å². The summed E-state index contributed by atoms with van der Waals surface area (Å²) in [5.41, 5.74) is 0.379. The maximum Gasteiger partial charge on any atom is 0.222 e. The molecule has 0 saturated carbocycles. The van der Waals surface area contributed by atoms with Gasteiger partial charge in [-0.3, -0.25) is 4.79 Å². The number of nitrogens with one attached hydrogen (secondary N) is 1. The molecule has 0 radical (unpaired) electrons. The van der Waals surface area contributed by atoms with E-state index in [9.17, 15) is 4.79 Å². The van der Waals surface area contributed by atoms with Crippen LogP contribution in [-0.2, 0) is 9.53 Å². The summed E-state index contributed by atoms with van der Waals surface area (Å²) < 4.78 is 5.49. The fourth-order valence-electron chi connectivity index (χ4n) is 4.30. The molecule has 120 valence electrons. The monoisotopic (exact) mass is 294 g/mol. The number of hydrogen-bond donors (Lipinski definition) is 1. The van der Waals surface area contributed by atoms with Gasteiger partial charge in [-0.25, -0.2) is 0 Å². The number of rotatable bonds is 3.